The van der Waals surface area contributed by atoms with Crippen LogP contribution in [0, 0.1) is 13.8 Å². The molecule has 1 aliphatic rings. The van der Waals surface area contributed by atoms with E-state index < -0.39 is 0 Å². The Kier molecular flexibility index (Phi) is 8.42. The first-order valence-corrected chi connectivity index (χ1v) is 9.83. The Morgan fingerprint density at radius 3 is 2.71 bits per heavy atom. The summed E-state index contributed by atoms with van der Waals surface area (Å²) in [5, 5.41) is 12.3. The number of aromatic nitrogens is 2. The molecule has 2 heterocycles. The van der Waals surface area contributed by atoms with Crippen LogP contribution >= 0.6 is 35.6 Å². The highest BCUT2D eigenvalue weighted by Crippen LogP contribution is 2.27. The molecule has 0 bridgehead atoms. The SMILES string of the molecule is CN=C(NCc1c(C)nn(C)c1C)NC1CCCN(c2ccccc2Cl)C1.I. The van der Waals surface area contributed by atoms with Gasteiger partial charge in [0.15, 0.2) is 5.96 Å². The largest absolute Gasteiger partial charge is 0.368 e. The van der Waals surface area contributed by atoms with Gasteiger partial charge >= 0.3 is 0 Å². The summed E-state index contributed by atoms with van der Waals surface area (Å²) in [5.74, 6) is 0.823. The van der Waals surface area contributed by atoms with Crippen LogP contribution in [0.4, 0.5) is 5.69 Å². The molecular formula is C20H30ClIN6. The Morgan fingerprint density at radius 1 is 1.32 bits per heavy atom. The summed E-state index contributed by atoms with van der Waals surface area (Å²) in [7, 11) is 3.79. The van der Waals surface area contributed by atoms with Gasteiger partial charge in [-0.15, -0.1) is 24.0 Å². The molecule has 154 valence electrons. The number of hydrogen-bond acceptors (Lipinski definition) is 3. The van der Waals surface area contributed by atoms with E-state index in [-0.39, 0.29) is 24.0 Å². The molecule has 2 aromatic rings. The van der Waals surface area contributed by atoms with Crippen molar-refractivity contribution in [3.8, 4) is 0 Å². The molecule has 1 saturated heterocycles. The van der Waals surface area contributed by atoms with E-state index in [1.165, 1.54) is 11.3 Å². The molecule has 8 heteroatoms. The lowest BCUT2D eigenvalue weighted by molar-refractivity contribution is 0.468. The third-order valence-corrected chi connectivity index (χ3v) is 5.59. The average Bonchev–Trinajstić information content (AvgIpc) is 2.91. The number of aryl methyl sites for hydroxylation is 2. The maximum Gasteiger partial charge on any atom is 0.191 e. The monoisotopic (exact) mass is 516 g/mol. The Morgan fingerprint density at radius 2 is 2.07 bits per heavy atom. The van der Waals surface area contributed by atoms with Crippen molar-refractivity contribution in [1.29, 1.82) is 0 Å². The van der Waals surface area contributed by atoms with Crippen LogP contribution in [0.1, 0.15) is 29.8 Å². The Bertz CT molecular complexity index is 819. The maximum absolute atomic E-state index is 6.38. The highest BCUT2D eigenvalue weighted by molar-refractivity contribution is 14.0. The van der Waals surface area contributed by atoms with E-state index in [1.54, 1.807) is 0 Å². The van der Waals surface area contributed by atoms with Crippen molar-refractivity contribution in [2.24, 2.45) is 12.0 Å². The molecule has 0 radical (unpaired) electrons. The molecule has 3 rings (SSSR count). The second-order valence-electron chi connectivity index (χ2n) is 7.08. The quantitative estimate of drug-likeness (QED) is 0.370. The van der Waals surface area contributed by atoms with Crippen LogP contribution in [0.25, 0.3) is 0 Å². The van der Waals surface area contributed by atoms with Crippen molar-refractivity contribution in [3.63, 3.8) is 0 Å². The van der Waals surface area contributed by atoms with Gasteiger partial charge in [0, 0.05) is 51.0 Å². The summed E-state index contributed by atoms with van der Waals surface area (Å²) in [5.41, 5.74) is 4.57. The van der Waals surface area contributed by atoms with Crippen LogP contribution in [0.2, 0.25) is 5.02 Å². The van der Waals surface area contributed by atoms with Crippen molar-refractivity contribution in [2.45, 2.75) is 39.3 Å². The maximum atomic E-state index is 6.38. The fourth-order valence-electron chi connectivity index (χ4n) is 3.66. The summed E-state index contributed by atoms with van der Waals surface area (Å²) >= 11 is 6.38. The number of halogens is 2. The first-order valence-electron chi connectivity index (χ1n) is 9.45. The molecule has 0 amide bonds. The van der Waals surface area contributed by atoms with Crippen LogP contribution in [0.15, 0.2) is 29.3 Å². The zero-order valence-corrected chi connectivity index (χ0v) is 20.1. The molecule has 1 unspecified atom stereocenters. The molecule has 1 fully saturated rings. The molecule has 1 aromatic carbocycles. The van der Waals surface area contributed by atoms with Gasteiger partial charge in [-0.05, 0) is 38.8 Å². The van der Waals surface area contributed by atoms with E-state index in [4.69, 9.17) is 11.6 Å². The predicted octanol–water partition coefficient (Wildman–Crippen LogP) is 3.64. The smallest absolute Gasteiger partial charge is 0.191 e. The Balaban J connectivity index is 0.00000280. The standard InChI is InChI=1S/C20H29ClN6.HI/c1-14-17(15(2)26(4)25-14)12-23-20(22-3)24-16-8-7-11-27(13-16)19-10-6-5-9-18(19)21;/h5-6,9-10,16H,7-8,11-13H2,1-4H3,(H2,22,23,24);1H. The van der Waals surface area contributed by atoms with Gasteiger partial charge in [0.05, 0.1) is 16.4 Å². The normalized spacial score (nSPS) is 17.2. The number of nitrogens with one attached hydrogen (secondary N) is 2. The van der Waals surface area contributed by atoms with Gasteiger partial charge in [0.2, 0.25) is 0 Å². The minimum absolute atomic E-state index is 0. The first-order chi connectivity index (χ1) is 13.0. The van der Waals surface area contributed by atoms with Gasteiger partial charge in [-0.2, -0.15) is 5.10 Å². The summed E-state index contributed by atoms with van der Waals surface area (Å²) < 4.78 is 1.92. The van der Waals surface area contributed by atoms with Gasteiger partial charge in [0.1, 0.15) is 0 Å². The molecule has 1 aliphatic heterocycles. The number of aliphatic imine (C=N–C) groups is 1. The molecular weight excluding hydrogens is 487 g/mol. The van der Waals surface area contributed by atoms with Crippen LogP contribution in [0.5, 0.6) is 0 Å². The van der Waals surface area contributed by atoms with Crippen LogP contribution in [-0.4, -0.2) is 41.9 Å². The Labute approximate surface area is 189 Å². The Hall–Kier alpha value is -1.48. The zero-order valence-electron chi connectivity index (χ0n) is 17.0. The van der Waals surface area contributed by atoms with Gasteiger partial charge in [-0.1, -0.05) is 23.7 Å². The number of benzene rings is 1. The highest BCUT2D eigenvalue weighted by atomic mass is 127. The topological polar surface area (TPSA) is 57.5 Å². The van der Waals surface area contributed by atoms with Gasteiger partial charge in [-0.25, -0.2) is 0 Å². The molecule has 0 aliphatic carbocycles. The highest BCUT2D eigenvalue weighted by Gasteiger charge is 2.22. The van der Waals surface area contributed by atoms with E-state index in [2.05, 4.69) is 38.6 Å². The summed E-state index contributed by atoms with van der Waals surface area (Å²) in [6, 6.07) is 8.38. The molecule has 1 atom stereocenters. The molecule has 1 aromatic heterocycles. The van der Waals surface area contributed by atoms with Crippen LogP contribution in [0.3, 0.4) is 0 Å². The molecule has 0 saturated carbocycles. The fourth-order valence-corrected chi connectivity index (χ4v) is 3.91. The lowest BCUT2D eigenvalue weighted by Crippen LogP contribution is -2.51. The van der Waals surface area contributed by atoms with Crippen molar-refractivity contribution in [3.05, 3.63) is 46.2 Å². The van der Waals surface area contributed by atoms with E-state index in [9.17, 15) is 0 Å². The van der Waals surface area contributed by atoms with E-state index in [0.29, 0.717) is 12.6 Å². The van der Waals surface area contributed by atoms with Crippen molar-refractivity contribution in [2.75, 3.05) is 25.0 Å². The average molecular weight is 517 g/mol. The molecule has 2 N–H and O–H groups in total. The van der Waals surface area contributed by atoms with Gasteiger partial charge in [-0.3, -0.25) is 9.67 Å². The molecule has 0 spiro atoms. The zero-order chi connectivity index (χ0) is 19.4. The minimum Gasteiger partial charge on any atom is -0.368 e. The second kappa shape index (κ2) is 10.3. The third kappa shape index (κ3) is 5.31. The second-order valence-corrected chi connectivity index (χ2v) is 7.49. The van der Waals surface area contributed by atoms with Crippen LogP contribution < -0.4 is 15.5 Å². The van der Waals surface area contributed by atoms with Crippen molar-refractivity contribution in [1.82, 2.24) is 20.4 Å². The lowest BCUT2D eigenvalue weighted by atomic mass is 10.0. The number of para-hydroxylation sites is 1. The number of anilines is 1. The number of piperidine rings is 1. The van der Waals surface area contributed by atoms with Crippen molar-refractivity contribution >= 4 is 47.2 Å². The lowest BCUT2D eigenvalue weighted by Gasteiger charge is -2.35. The third-order valence-electron chi connectivity index (χ3n) is 5.27. The van der Waals surface area contributed by atoms with Crippen LogP contribution in [-0.2, 0) is 13.6 Å². The fraction of sp³-hybridized carbons (Fsp3) is 0.500. The molecule has 6 nitrogen and oxygen atoms in total. The van der Waals surface area contributed by atoms with Crippen molar-refractivity contribution < 1.29 is 0 Å². The predicted molar refractivity (Wildman–Crippen MR) is 128 cm³/mol. The van der Waals surface area contributed by atoms with E-state index in [1.807, 2.05) is 43.9 Å². The van der Waals surface area contributed by atoms with Gasteiger partial charge < -0.3 is 15.5 Å². The number of rotatable bonds is 4. The van der Waals surface area contributed by atoms with Gasteiger partial charge in [0.25, 0.3) is 0 Å². The van der Waals surface area contributed by atoms with E-state index in [0.717, 1.165) is 48.3 Å². The summed E-state index contributed by atoms with van der Waals surface area (Å²) in [4.78, 5) is 6.75. The summed E-state index contributed by atoms with van der Waals surface area (Å²) in [6.07, 6.45) is 2.24. The molecule has 28 heavy (non-hydrogen) atoms. The number of nitrogens with zero attached hydrogens (tertiary/aromatic N) is 4. The minimum atomic E-state index is 0. The van der Waals surface area contributed by atoms with E-state index >= 15 is 0 Å². The number of hydrogen-bond donors (Lipinski definition) is 2. The number of guanidine groups is 1. The summed E-state index contributed by atoms with van der Waals surface area (Å²) in [6.45, 7) is 6.79. The first kappa shape index (κ1) is 22.8.